The zero-order valence-electron chi connectivity index (χ0n) is 5.37. The minimum atomic E-state index is 0.0555. The molecule has 0 spiro atoms. The van der Waals surface area contributed by atoms with Gasteiger partial charge in [-0.05, 0) is 0 Å². The molecule has 0 aromatic heterocycles. The second-order valence-electron chi connectivity index (χ2n) is 2.03. The third-order valence-corrected chi connectivity index (χ3v) is 1.47. The lowest BCUT2D eigenvalue weighted by molar-refractivity contribution is -0.124. The van der Waals surface area contributed by atoms with Crippen LogP contribution in [0.4, 0.5) is 0 Å². The molecule has 0 aromatic rings. The highest BCUT2D eigenvalue weighted by molar-refractivity contribution is 5.90. The molecule has 0 aliphatic carbocycles. The lowest BCUT2D eigenvalue weighted by Gasteiger charge is -2.14. The van der Waals surface area contributed by atoms with E-state index in [1.165, 1.54) is 0 Å². The van der Waals surface area contributed by atoms with Gasteiger partial charge in [0.1, 0.15) is 0 Å². The summed E-state index contributed by atoms with van der Waals surface area (Å²) >= 11 is 0. The molecule has 9 heavy (non-hydrogen) atoms. The summed E-state index contributed by atoms with van der Waals surface area (Å²) in [5.74, 6) is 0.0555. The molecule has 1 rings (SSSR count). The quantitative estimate of drug-likeness (QED) is 0.467. The van der Waals surface area contributed by atoms with E-state index in [-0.39, 0.29) is 11.9 Å². The topological polar surface area (TPSA) is 20.3 Å². The van der Waals surface area contributed by atoms with Crippen molar-refractivity contribution >= 4 is 5.91 Å². The Balaban J connectivity index is 2.72. The van der Waals surface area contributed by atoms with Crippen LogP contribution in [0.5, 0.6) is 0 Å². The van der Waals surface area contributed by atoms with Gasteiger partial charge in [0.2, 0.25) is 5.91 Å². The fourth-order valence-corrected chi connectivity index (χ4v) is 0.811. The largest absolute Gasteiger partial charge is 0.332 e. The van der Waals surface area contributed by atoms with Crippen molar-refractivity contribution in [1.29, 1.82) is 0 Å². The average molecular weight is 123 g/mol. The van der Waals surface area contributed by atoms with Crippen molar-refractivity contribution in [1.82, 2.24) is 4.90 Å². The SMILES string of the molecule is C=CC1C=CC(=O)N1C. The molecule has 0 saturated carbocycles. The summed E-state index contributed by atoms with van der Waals surface area (Å²) in [6, 6.07) is 0.109. The number of nitrogens with zero attached hydrogens (tertiary/aromatic N) is 1. The van der Waals surface area contributed by atoms with Gasteiger partial charge in [0, 0.05) is 13.1 Å². The maximum atomic E-state index is 10.7. The van der Waals surface area contributed by atoms with Crippen LogP contribution in [0, 0.1) is 0 Å². The van der Waals surface area contributed by atoms with E-state index in [0.29, 0.717) is 0 Å². The first-order valence-corrected chi connectivity index (χ1v) is 2.83. The number of carbonyl (C=O) groups excluding carboxylic acids is 1. The van der Waals surface area contributed by atoms with Gasteiger partial charge in [-0.3, -0.25) is 4.79 Å². The molecular formula is C7H9NO. The molecule has 48 valence electrons. The number of likely N-dealkylation sites (N-methyl/N-ethyl adjacent to an activating group) is 1. The van der Waals surface area contributed by atoms with Crippen LogP contribution in [0.1, 0.15) is 0 Å². The van der Waals surface area contributed by atoms with Gasteiger partial charge in [-0.15, -0.1) is 6.58 Å². The molecule has 1 heterocycles. The molecular weight excluding hydrogens is 114 g/mol. The van der Waals surface area contributed by atoms with Gasteiger partial charge in [0.25, 0.3) is 0 Å². The Hall–Kier alpha value is -1.05. The van der Waals surface area contributed by atoms with E-state index < -0.39 is 0 Å². The Morgan fingerprint density at radius 2 is 2.56 bits per heavy atom. The predicted molar refractivity (Wildman–Crippen MR) is 35.9 cm³/mol. The van der Waals surface area contributed by atoms with E-state index in [4.69, 9.17) is 0 Å². The third kappa shape index (κ3) is 0.875. The number of carbonyl (C=O) groups is 1. The highest BCUT2D eigenvalue weighted by Gasteiger charge is 2.17. The van der Waals surface area contributed by atoms with Crippen LogP contribution in [-0.4, -0.2) is 23.9 Å². The standard InChI is InChI=1S/C7H9NO/c1-3-6-4-5-7(9)8(6)2/h3-6H,1H2,2H3. The smallest absolute Gasteiger partial charge is 0.246 e. The minimum Gasteiger partial charge on any atom is -0.332 e. The molecule has 1 atom stereocenters. The molecule has 0 saturated heterocycles. The number of amides is 1. The molecule has 2 heteroatoms. The summed E-state index contributed by atoms with van der Waals surface area (Å²) in [7, 11) is 1.76. The Morgan fingerprint density at radius 1 is 1.89 bits per heavy atom. The Labute approximate surface area is 54.5 Å². The zero-order chi connectivity index (χ0) is 6.85. The summed E-state index contributed by atoms with van der Waals surface area (Å²) in [5.41, 5.74) is 0. The monoisotopic (exact) mass is 123 g/mol. The summed E-state index contributed by atoms with van der Waals surface area (Å²) in [4.78, 5) is 12.4. The first-order valence-electron chi connectivity index (χ1n) is 2.83. The van der Waals surface area contributed by atoms with E-state index in [1.807, 2.05) is 6.08 Å². The zero-order valence-corrected chi connectivity index (χ0v) is 5.37. The van der Waals surface area contributed by atoms with Crippen LogP contribution in [0.3, 0.4) is 0 Å². The van der Waals surface area contributed by atoms with E-state index in [9.17, 15) is 4.79 Å². The van der Waals surface area contributed by atoms with Crippen LogP contribution in [0.2, 0.25) is 0 Å². The summed E-state index contributed by atoms with van der Waals surface area (Å²) in [6.45, 7) is 3.58. The van der Waals surface area contributed by atoms with Crippen molar-refractivity contribution in [3.63, 3.8) is 0 Å². The highest BCUT2D eigenvalue weighted by atomic mass is 16.2. The third-order valence-electron chi connectivity index (χ3n) is 1.47. The van der Waals surface area contributed by atoms with Gasteiger partial charge in [-0.2, -0.15) is 0 Å². The molecule has 0 fully saturated rings. The van der Waals surface area contributed by atoms with Gasteiger partial charge in [-0.25, -0.2) is 0 Å². The number of hydrogen-bond acceptors (Lipinski definition) is 1. The van der Waals surface area contributed by atoms with Crippen molar-refractivity contribution in [3.8, 4) is 0 Å². The van der Waals surface area contributed by atoms with Gasteiger partial charge < -0.3 is 4.90 Å². The molecule has 1 aliphatic rings. The normalized spacial score (nSPS) is 25.2. The Kier molecular flexibility index (Phi) is 1.39. The average Bonchev–Trinajstić information content (AvgIpc) is 2.15. The van der Waals surface area contributed by atoms with E-state index in [2.05, 4.69) is 6.58 Å². The number of rotatable bonds is 1. The van der Waals surface area contributed by atoms with Crippen molar-refractivity contribution in [2.24, 2.45) is 0 Å². The Bertz CT molecular complexity index is 172. The van der Waals surface area contributed by atoms with Crippen molar-refractivity contribution < 1.29 is 4.79 Å². The van der Waals surface area contributed by atoms with Gasteiger partial charge >= 0.3 is 0 Å². The molecule has 2 nitrogen and oxygen atoms in total. The molecule has 0 aromatic carbocycles. The van der Waals surface area contributed by atoms with Crippen LogP contribution < -0.4 is 0 Å². The van der Waals surface area contributed by atoms with Crippen molar-refractivity contribution in [2.75, 3.05) is 7.05 Å². The van der Waals surface area contributed by atoms with E-state index >= 15 is 0 Å². The Morgan fingerprint density at radius 3 is 2.78 bits per heavy atom. The molecule has 0 bridgehead atoms. The maximum Gasteiger partial charge on any atom is 0.246 e. The summed E-state index contributed by atoms with van der Waals surface area (Å²) in [6.07, 6.45) is 5.13. The molecule has 1 amide bonds. The lowest BCUT2D eigenvalue weighted by atomic mass is 10.3. The predicted octanol–water partition coefficient (Wildman–Crippen LogP) is 0.569. The second-order valence-corrected chi connectivity index (χ2v) is 2.03. The highest BCUT2D eigenvalue weighted by Crippen LogP contribution is 2.07. The molecule has 1 unspecified atom stereocenters. The summed E-state index contributed by atoms with van der Waals surface area (Å²) < 4.78 is 0. The molecule has 0 radical (unpaired) electrons. The fourth-order valence-electron chi connectivity index (χ4n) is 0.811. The fraction of sp³-hybridized carbons (Fsp3) is 0.286. The van der Waals surface area contributed by atoms with Gasteiger partial charge in [0.05, 0.1) is 6.04 Å². The van der Waals surface area contributed by atoms with Crippen LogP contribution in [0.25, 0.3) is 0 Å². The number of hydrogen-bond donors (Lipinski definition) is 0. The van der Waals surface area contributed by atoms with Crippen LogP contribution in [0.15, 0.2) is 24.8 Å². The minimum absolute atomic E-state index is 0.0555. The molecule has 1 aliphatic heterocycles. The van der Waals surface area contributed by atoms with E-state index in [1.54, 1.807) is 24.1 Å². The first-order chi connectivity index (χ1) is 4.25. The summed E-state index contributed by atoms with van der Waals surface area (Å²) in [5, 5.41) is 0. The maximum absolute atomic E-state index is 10.7. The second kappa shape index (κ2) is 2.05. The van der Waals surface area contributed by atoms with Crippen LogP contribution in [-0.2, 0) is 4.79 Å². The van der Waals surface area contributed by atoms with Gasteiger partial charge in [0.15, 0.2) is 0 Å². The van der Waals surface area contributed by atoms with Gasteiger partial charge in [-0.1, -0.05) is 12.2 Å². The van der Waals surface area contributed by atoms with E-state index in [0.717, 1.165) is 0 Å². The molecule has 0 N–H and O–H groups in total. The lowest BCUT2D eigenvalue weighted by Crippen LogP contribution is -2.27. The van der Waals surface area contributed by atoms with Crippen LogP contribution >= 0.6 is 0 Å². The van der Waals surface area contributed by atoms with Crippen molar-refractivity contribution in [2.45, 2.75) is 6.04 Å². The first kappa shape index (κ1) is 6.08. The van der Waals surface area contributed by atoms with Crippen molar-refractivity contribution in [3.05, 3.63) is 24.8 Å².